The maximum absolute atomic E-state index is 15.1. The molecule has 1 saturated carbocycles. The van der Waals surface area contributed by atoms with Gasteiger partial charge in [-0.2, -0.15) is 13.2 Å². The van der Waals surface area contributed by atoms with Crippen molar-refractivity contribution in [2.75, 3.05) is 56.0 Å². The first-order valence-corrected chi connectivity index (χ1v) is 20.5. The van der Waals surface area contributed by atoms with Crippen LogP contribution in [0.15, 0.2) is 47.6 Å². The van der Waals surface area contributed by atoms with Gasteiger partial charge in [-0.1, -0.05) is 10.8 Å². The second kappa shape index (κ2) is 16.4. The normalized spacial score (nSPS) is 23.8. The van der Waals surface area contributed by atoms with Gasteiger partial charge in [-0.25, -0.2) is 13.8 Å². The summed E-state index contributed by atoms with van der Waals surface area (Å²) >= 11 is 0. The van der Waals surface area contributed by atoms with Gasteiger partial charge in [-0.3, -0.25) is 24.6 Å². The standard InChI is InChI=1S/C43H47F5N8O4/c1-42(2,60)31-19-35-27(16-36(31)50-41(59)34-4-3-5-37(49-34)43(46,47)48)24-56(52-35)23-25-6-8-28(9-7-25)54-14-12-53(13-15-54)20-26-21-55(22-26)29-17-32(44)39(33(45)18-29)30-10-11-38(57)51-40(30)58/h3-5,16-19,23-26,28,30,60H,6-15,20-22H2,1-2H3,(H-,50,51,57,58,59)/p+1/b56-23-/t25?,28?,30-/m1/s1. The Bertz CT molecular complexity index is 2320. The monoisotopic (exact) mass is 835 g/mol. The first kappa shape index (κ1) is 41.6. The van der Waals surface area contributed by atoms with E-state index in [4.69, 9.17) is 5.10 Å². The Morgan fingerprint density at radius 1 is 0.983 bits per heavy atom. The summed E-state index contributed by atoms with van der Waals surface area (Å²) in [5.74, 6) is -3.78. The fourth-order valence-corrected chi connectivity index (χ4v) is 9.14. The number of amides is 3. The summed E-state index contributed by atoms with van der Waals surface area (Å²) < 4.78 is 71.6. The highest BCUT2D eigenvalue weighted by molar-refractivity contribution is 6.03. The van der Waals surface area contributed by atoms with Crippen LogP contribution in [0.3, 0.4) is 0 Å². The van der Waals surface area contributed by atoms with Crippen LogP contribution in [0.4, 0.5) is 33.3 Å². The highest BCUT2D eigenvalue weighted by Crippen LogP contribution is 2.35. The number of rotatable bonds is 9. The molecular formula is C43H48F5N8O4+. The van der Waals surface area contributed by atoms with Gasteiger partial charge in [0.1, 0.15) is 28.4 Å². The Labute approximate surface area is 343 Å². The summed E-state index contributed by atoms with van der Waals surface area (Å²) in [5.41, 5.74) is -2.17. The van der Waals surface area contributed by atoms with Gasteiger partial charge in [0.25, 0.3) is 5.91 Å². The van der Waals surface area contributed by atoms with Gasteiger partial charge in [0.05, 0.1) is 16.7 Å². The number of nitrogens with one attached hydrogen (secondary N) is 2. The van der Waals surface area contributed by atoms with Crippen LogP contribution >= 0.6 is 0 Å². The lowest BCUT2D eigenvalue weighted by Gasteiger charge is -2.46. The molecule has 1 aliphatic carbocycles. The van der Waals surface area contributed by atoms with Crippen LogP contribution in [-0.4, -0.2) is 100 Å². The van der Waals surface area contributed by atoms with Crippen molar-refractivity contribution in [2.45, 2.75) is 76.1 Å². The first-order valence-electron chi connectivity index (χ1n) is 20.5. The molecule has 1 atom stereocenters. The molecule has 17 heteroatoms. The number of fused-ring (bicyclic) bond motifs is 1. The van der Waals surface area contributed by atoms with Crippen LogP contribution < -0.4 is 26.1 Å². The number of pyridine rings is 1. The molecule has 3 saturated heterocycles. The third kappa shape index (κ3) is 8.98. The van der Waals surface area contributed by atoms with Crippen molar-refractivity contribution in [3.63, 3.8) is 0 Å². The predicted octanol–water partition coefficient (Wildman–Crippen LogP) is 4.06. The molecule has 0 radical (unpaired) electrons. The summed E-state index contributed by atoms with van der Waals surface area (Å²) in [4.78, 5) is 47.2. The van der Waals surface area contributed by atoms with Gasteiger partial charge in [0.2, 0.25) is 18.0 Å². The van der Waals surface area contributed by atoms with E-state index in [0.717, 1.165) is 70.5 Å². The van der Waals surface area contributed by atoms with Crippen molar-refractivity contribution >= 4 is 41.5 Å². The summed E-state index contributed by atoms with van der Waals surface area (Å²) in [6.07, 6.45) is 3.47. The molecule has 3 N–H and O–H groups in total. The van der Waals surface area contributed by atoms with Gasteiger partial charge in [0.15, 0.2) is 6.21 Å². The van der Waals surface area contributed by atoms with Crippen molar-refractivity contribution in [3.8, 4) is 0 Å². The molecule has 318 valence electrons. The number of hydrogen-bond acceptors (Lipinski definition) is 9. The summed E-state index contributed by atoms with van der Waals surface area (Å²) in [6, 6.07) is 9.55. The fraction of sp³-hybridized carbons (Fsp3) is 0.488. The van der Waals surface area contributed by atoms with Crippen molar-refractivity contribution in [3.05, 3.63) is 87.2 Å². The lowest BCUT2D eigenvalue weighted by Crippen LogP contribution is -2.56. The average molecular weight is 836 g/mol. The highest BCUT2D eigenvalue weighted by Gasteiger charge is 2.37. The molecule has 12 nitrogen and oxygen atoms in total. The van der Waals surface area contributed by atoms with Gasteiger partial charge < -0.3 is 20.2 Å². The van der Waals surface area contributed by atoms with Crippen LogP contribution in [0.2, 0.25) is 0 Å². The van der Waals surface area contributed by atoms with E-state index in [2.05, 4.69) is 31.6 Å². The quantitative estimate of drug-likeness (QED) is 0.167. The smallest absolute Gasteiger partial charge is 0.386 e. The van der Waals surface area contributed by atoms with Gasteiger partial charge in [0, 0.05) is 97.7 Å². The molecule has 8 rings (SSSR count). The Kier molecular flexibility index (Phi) is 11.4. The Morgan fingerprint density at radius 3 is 2.33 bits per heavy atom. The van der Waals surface area contributed by atoms with E-state index in [1.807, 2.05) is 11.1 Å². The lowest BCUT2D eigenvalue weighted by molar-refractivity contribution is -0.424. The van der Waals surface area contributed by atoms with E-state index >= 15 is 8.78 Å². The third-order valence-corrected chi connectivity index (χ3v) is 12.4. The molecule has 3 amide bonds. The van der Waals surface area contributed by atoms with Crippen LogP contribution in [-0.2, 0) is 21.4 Å². The molecule has 1 aromatic heterocycles. The molecule has 5 heterocycles. The topological polar surface area (TPSA) is 133 Å². The number of aliphatic hydroxyl groups is 1. The number of aromatic nitrogens is 1. The number of halogens is 5. The van der Waals surface area contributed by atoms with E-state index in [9.17, 15) is 32.7 Å². The fourth-order valence-electron chi connectivity index (χ4n) is 9.14. The summed E-state index contributed by atoms with van der Waals surface area (Å²) in [6.45, 7) is 9.29. The van der Waals surface area contributed by atoms with Gasteiger partial charge >= 0.3 is 6.18 Å². The molecule has 0 unspecified atom stereocenters. The number of anilines is 2. The molecule has 5 aliphatic rings. The lowest BCUT2D eigenvalue weighted by atomic mass is 9.85. The third-order valence-electron chi connectivity index (χ3n) is 12.4. The van der Waals surface area contributed by atoms with Gasteiger partial charge in [-0.05, 0) is 82.3 Å². The van der Waals surface area contributed by atoms with Crippen molar-refractivity contribution in [2.24, 2.45) is 16.9 Å². The van der Waals surface area contributed by atoms with Gasteiger partial charge in [-0.15, -0.1) is 0 Å². The number of hydrogen-bond donors (Lipinski definition) is 3. The largest absolute Gasteiger partial charge is 0.433 e. The Hall–Kier alpha value is -5.13. The number of nitrogens with zero attached hydrogens (tertiary/aromatic N) is 6. The average Bonchev–Trinajstić information content (AvgIpc) is 3.57. The maximum Gasteiger partial charge on any atom is 0.433 e. The molecular weight excluding hydrogens is 788 g/mol. The van der Waals surface area contributed by atoms with E-state index in [1.54, 1.807) is 30.7 Å². The zero-order valence-electron chi connectivity index (χ0n) is 33.4. The van der Waals surface area contributed by atoms with E-state index in [0.29, 0.717) is 52.8 Å². The van der Waals surface area contributed by atoms with Crippen LogP contribution in [0, 0.1) is 23.5 Å². The molecule has 0 spiro atoms. The molecule has 0 bridgehead atoms. The number of alkyl halides is 3. The number of piperazine rings is 1. The number of benzene rings is 2. The Morgan fingerprint density at radius 2 is 1.68 bits per heavy atom. The zero-order valence-corrected chi connectivity index (χ0v) is 33.4. The predicted molar refractivity (Wildman–Crippen MR) is 211 cm³/mol. The number of carbonyl (C=O) groups excluding carboxylic acids is 3. The van der Waals surface area contributed by atoms with E-state index < -0.39 is 58.4 Å². The minimum absolute atomic E-state index is 0.0495. The van der Waals surface area contributed by atoms with Crippen LogP contribution in [0.5, 0.6) is 0 Å². The number of imide groups is 1. The Balaban J connectivity index is 0.811. The molecule has 60 heavy (non-hydrogen) atoms. The maximum atomic E-state index is 15.1. The van der Waals surface area contributed by atoms with Crippen LogP contribution in [0.1, 0.15) is 85.6 Å². The van der Waals surface area contributed by atoms with Crippen molar-refractivity contribution in [1.82, 2.24) is 20.1 Å². The van der Waals surface area contributed by atoms with Crippen molar-refractivity contribution in [1.29, 1.82) is 0 Å². The first-order chi connectivity index (χ1) is 28.5. The van der Waals surface area contributed by atoms with Crippen molar-refractivity contribution < 1.29 is 46.1 Å². The summed E-state index contributed by atoms with van der Waals surface area (Å²) in [5, 5.41) is 21.8. The van der Waals surface area contributed by atoms with E-state index in [1.165, 1.54) is 18.2 Å². The second-order valence-corrected chi connectivity index (χ2v) is 17.1. The number of piperidine rings is 1. The molecule has 4 fully saturated rings. The van der Waals surface area contributed by atoms with Crippen LogP contribution in [0.25, 0.3) is 6.20 Å². The second-order valence-electron chi connectivity index (χ2n) is 17.1. The minimum Gasteiger partial charge on any atom is -0.386 e. The molecule has 2 aromatic carbocycles. The molecule has 4 aliphatic heterocycles. The zero-order chi connectivity index (χ0) is 42.5. The minimum atomic E-state index is -4.70. The van der Waals surface area contributed by atoms with E-state index in [-0.39, 0.29) is 24.1 Å². The summed E-state index contributed by atoms with van der Waals surface area (Å²) in [7, 11) is 0. The SMILES string of the molecule is CC(C)(O)c1cc2c(cc1NC(=O)c1cccc(C(F)(F)F)n1)=C/[N+](=C/C1CCC(N3CCN(CC4CN(c5cc(F)c([C@H]6CCC(=O)NC6=O)c(F)c5)C4)CC3)CC1)N=2. The highest BCUT2D eigenvalue weighted by atomic mass is 19.4. The number of carbonyl (C=O) groups is 3. The molecule has 3 aromatic rings.